The van der Waals surface area contributed by atoms with Gasteiger partial charge >= 0.3 is 0 Å². The molecule has 6 heteroatoms. The third-order valence-electron chi connectivity index (χ3n) is 5.08. The summed E-state index contributed by atoms with van der Waals surface area (Å²) in [5.41, 5.74) is 6.25. The van der Waals surface area contributed by atoms with Gasteiger partial charge in [-0.05, 0) is 93.6 Å². The van der Waals surface area contributed by atoms with Crippen molar-refractivity contribution >= 4 is 34.6 Å². The van der Waals surface area contributed by atoms with Crippen molar-refractivity contribution in [1.29, 1.82) is 0 Å². The Kier molecular flexibility index (Phi) is 6.00. The van der Waals surface area contributed by atoms with Crippen molar-refractivity contribution in [2.24, 2.45) is 4.99 Å². The molecule has 2 heterocycles. The van der Waals surface area contributed by atoms with Gasteiger partial charge in [-0.15, -0.1) is 0 Å². The molecule has 1 fully saturated rings. The Morgan fingerprint density at radius 3 is 2.45 bits per heavy atom. The lowest BCUT2D eigenvalue weighted by atomic mass is 10.2. The van der Waals surface area contributed by atoms with Crippen LogP contribution in [0.15, 0.2) is 64.5 Å². The Labute approximate surface area is 186 Å². The third-order valence-corrected chi connectivity index (χ3v) is 5.99. The molecule has 1 amide bonds. The van der Waals surface area contributed by atoms with Crippen LogP contribution in [0.25, 0.3) is 11.8 Å². The first-order valence-corrected chi connectivity index (χ1v) is 11.0. The zero-order chi connectivity index (χ0) is 22.0. The lowest BCUT2D eigenvalue weighted by Crippen LogP contribution is -2.19. The lowest BCUT2D eigenvalue weighted by Gasteiger charge is -2.11. The van der Waals surface area contributed by atoms with Crippen molar-refractivity contribution in [3.05, 3.63) is 82.0 Å². The highest BCUT2D eigenvalue weighted by Gasteiger charge is 2.24. The monoisotopic (exact) mass is 431 g/mol. The zero-order valence-electron chi connectivity index (χ0n) is 18.1. The van der Waals surface area contributed by atoms with Gasteiger partial charge in [-0.2, -0.15) is 0 Å². The second-order valence-electron chi connectivity index (χ2n) is 7.41. The molecule has 3 aromatic rings. The number of ether oxygens (including phenoxy) is 1. The summed E-state index contributed by atoms with van der Waals surface area (Å²) in [6.45, 7) is 8.79. The number of amides is 1. The second kappa shape index (κ2) is 8.86. The van der Waals surface area contributed by atoms with Crippen LogP contribution in [0, 0.1) is 20.8 Å². The van der Waals surface area contributed by atoms with Crippen LogP contribution < -0.4 is 10.1 Å². The first kappa shape index (κ1) is 21.0. The summed E-state index contributed by atoms with van der Waals surface area (Å²) in [5, 5.41) is 3.46. The van der Waals surface area contributed by atoms with Gasteiger partial charge in [0.25, 0.3) is 5.91 Å². The average Bonchev–Trinajstić information content (AvgIpc) is 3.23. The number of aromatic nitrogens is 1. The predicted molar refractivity (Wildman–Crippen MR) is 128 cm³/mol. The number of carbonyl (C=O) groups is 1. The van der Waals surface area contributed by atoms with Crippen LogP contribution in [0.5, 0.6) is 5.75 Å². The lowest BCUT2D eigenvalue weighted by molar-refractivity contribution is -0.115. The number of benzene rings is 2. The molecule has 1 aromatic heterocycles. The minimum absolute atomic E-state index is 0.123. The van der Waals surface area contributed by atoms with Gasteiger partial charge in [0, 0.05) is 17.1 Å². The first-order chi connectivity index (χ1) is 14.9. The molecule has 0 bridgehead atoms. The fourth-order valence-electron chi connectivity index (χ4n) is 3.55. The van der Waals surface area contributed by atoms with E-state index in [1.54, 1.807) is 0 Å². The quantitative estimate of drug-likeness (QED) is 0.528. The van der Waals surface area contributed by atoms with Crippen LogP contribution >= 0.6 is 11.8 Å². The Hall–Kier alpha value is -3.25. The van der Waals surface area contributed by atoms with Gasteiger partial charge in [0.15, 0.2) is 5.17 Å². The predicted octanol–water partition coefficient (Wildman–Crippen LogP) is 5.69. The molecule has 31 heavy (non-hydrogen) atoms. The fraction of sp³-hybridized carbons (Fsp3) is 0.200. The van der Waals surface area contributed by atoms with E-state index in [1.165, 1.54) is 17.3 Å². The SMILES string of the molecule is CCOc1ccc(-n2c(C)cc(/C=C3\SC(=Nc4ccc(C)cc4)NC3=O)c2C)cc1. The molecular weight excluding hydrogens is 406 g/mol. The summed E-state index contributed by atoms with van der Waals surface area (Å²) < 4.78 is 7.73. The van der Waals surface area contributed by atoms with Crippen LogP contribution in [0.3, 0.4) is 0 Å². The summed E-state index contributed by atoms with van der Waals surface area (Å²) in [7, 11) is 0. The van der Waals surface area contributed by atoms with E-state index in [4.69, 9.17) is 4.74 Å². The second-order valence-corrected chi connectivity index (χ2v) is 8.44. The topological polar surface area (TPSA) is 55.6 Å². The average molecular weight is 432 g/mol. The Morgan fingerprint density at radius 2 is 1.77 bits per heavy atom. The van der Waals surface area contributed by atoms with E-state index >= 15 is 0 Å². The maximum Gasteiger partial charge on any atom is 0.264 e. The maximum absolute atomic E-state index is 12.5. The number of thioether (sulfide) groups is 1. The number of amidine groups is 1. The summed E-state index contributed by atoms with van der Waals surface area (Å²) >= 11 is 1.36. The largest absolute Gasteiger partial charge is 0.494 e. The summed E-state index contributed by atoms with van der Waals surface area (Å²) in [5.74, 6) is 0.734. The first-order valence-electron chi connectivity index (χ1n) is 10.2. The molecule has 5 nitrogen and oxygen atoms in total. The summed E-state index contributed by atoms with van der Waals surface area (Å²) in [4.78, 5) is 17.7. The number of rotatable bonds is 5. The molecule has 0 spiro atoms. The number of nitrogens with zero attached hydrogens (tertiary/aromatic N) is 2. The minimum Gasteiger partial charge on any atom is -0.494 e. The van der Waals surface area contributed by atoms with Crippen LogP contribution in [0.1, 0.15) is 29.4 Å². The smallest absolute Gasteiger partial charge is 0.264 e. The number of aryl methyl sites for hydroxylation is 2. The standard InChI is InChI=1S/C25H25N3O2S/c1-5-30-22-12-10-21(11-13-22)28-17(3)14-19(18(28)4)15-23-24(29)27-25(31-23)26-20-8-6-16(2)7-9-20/h6-15H,5H2,1-4H3,(H,26,27,29)/b23-15-. The van der Waals surface area contributed by atoms with Gasteiger partial charge in [-0.25, -0.2) is 4.99 Å². The molecule has 0 saturated carbocycles. The molecule has 0 radical (unpaired) electrons. The van der Waals surface area contributed by atoms with E-state index in [1.807, 2.05) is 68.5 Å². The van der Waals surface area contributed by atoms with Crippen LogP contribution in [0.2, 0.25) is 0 Å². The molecule has 2 aromatic carbocycles. The normalized spacial score (nSPS) is 16.2. The van der Waals surface area contributed by atoms with Gasteiger partial charge in [0.2, 0.25) is 0 Å². The zero-order valence-corrected chi connectivity index (χ0v) is 18.9. The molecule has 0 unspecified atom stereocenters. The Bertz CT molecular complexity index is 1170. The van der Waals surface area contributed by atoms with Gasteiger partial charge in [-0.1, -0.05) is 17.7 Å². The summed E-state index contributed by atoms with van der Waals surface area (Å²) in [6.07, 6.45) is 1.94. The number of carbonyl (C=O) groups excluding carboxylic acids is 1. The van der Waals surface area contributed by atoms with Crippen LogP contribution in [0.4, 0.5) is 5.69 Å². The van der Waals surface area contributed by atoms with Crippen LogP contribution in [-0.4, -0.2) is 22.2 Å². The van der Waals surface area contributed by atoms with E-state index in [0.717, 1.165) is 34.1 Å². The van der Waals surface area contributed by atoms with Crippen molar-refractivity contribution in [2.75, 3.05) is 6.61 Å². The van der Waals surface area contributed by atoms with Crippen molar-refractivity contribution in [3.63, 3.8) is 0 Å². The Balaban J connectivity index is 1.59. The molecule has 0 aliphatic carbocycles. The summed E-state index contributed by atoms with van der Waals surface area (Å²) in [6, 6.07) is 18.1. The highest BCUT2D eigenvalue weighted by atomic mass is 32.2. The number of aliphatic imine (C=N–C) groups is 1. The van der Waals surface area contributed by atoms with Gasteiger partial charge in [0.1, 0.15) is 5.75 Å². The maximum atomic E-state index is 12.5. The van der Waals surface area contributed by atoms with E-state index in [0.29, 0.717) is 16.7 Å². The molecule has 1 saturated heterocycles. The van der Waals surface area contributed by atoms with Crippen molar-refractivity contribution in [3.8, 4) is 11.4 Å². The van der Waals surface area contributed by atoms with Gasteiger partial charge in [0.05, 0.1) is 17.2 Å². The molecule has 1 aliphatic heterocycles. The Morgan fingerprint density at radius 1 is 1.06 bits per heavy atom. The van der Waals surface area contributed by atoms with Gasteiger partial charge < -0.3 is 14.6 Å². The number of hydrogen-bond donors (Lipinski definition) is 1. The van der Waals surface area contributed by atoms with E-state index < -0.39 is 0 Å². The van der Waals surface area contributed by atoms with E-state index in [2.05, 4.69) is 34.8 Å². The molecule has 1 aliphatic rings. The molecular formula is C25H25N3O2S. The third kappa shape index (κ3) is 4.59. The van der Waals surface area contributed by atoms with Crippen molar-refractivity contribution in [2.45, 2.75) is 27.7 Å². The highest BCUT2D eigenvalue weighted by molar-refractivity contribution is 8.18. The highest BCUT2D eigenvalue weighted by Crippen LogP contribution is 2.31. The van der Waals surface area contributed by atoms with E-state index in [9.17, 15) is 4.79 Å². The van der Waals surface area contributed by atoms with Gasteiger partial charge in [-0.3, -0.25) is 4.79 Å². The van der Waals surface area contributed by atoms with Crippen LogP contribution in [-0.2, 0) is 4.79 Å². The molecule has 1 N–H and O–H groups in total. The van der Waals surface area contributed by atoms with Crippen molar-refractivity contribution in [1.82, 2.24) is 9.88 Å². The fourth-order valence-corrected chi connectivity index (χ4v) is 4.38. The minimum atomic E-state index is -0.123. The van der Waals surface area contributed by atoms with E-state index in [-0.39, 0.29) is 5.91 Å². The number of nitrogens with one attached hydrogen (secondary N) is 1. The number of hydrogen-bond acceptors (Lipinski definition) is 4. The molecule has 4 rings (SSSR count). The van der Waals surface area contributed by atoms with Crippen molar-refractivity contribution < 1.29 is 9.53 Å². The molecule has 158 valence electrons. The molecule has 0 atom stereocenters.